The lowest BCUT2D eigenvalue weighted by atomic mass is 10.1. The summed E-state index contributed by atoms with van der Waals surface area (Å²) in [5.74, 6) is 0.0933. The van der Waals surface area contributed by atoms with Crippen molar-refractivity contribution >= 4 is 16.3 Å². The van der Waals surface area contributed by atoms with Crippen molar-refractivity contribution in [1.29, 1.82) is 0 Å². The fraction of sp³-hybridized carbons (Fsp3) is 0.182. The smallest absolute Gasteiger partial charge is 0.234 e. The van der Waals surface area contributed by atoms with Gasteiger partial charge in [0.15, 0.2) is 5.82 Å². The molecule has 0 N–H and O–H groups in total. The molecule has 0 aliphatic carbocycles. The molecule has 0 fully saturated rings. The first-order valence-electron chi connectivity index (χ1n) is 9.68. The van der Waals surface area contributed by atoms with E-state index in [1.807, 2.05) is 29.8 Å². The van der Waals surface area contributed by atoms with Gasteiger partial charge in [-0.05, 0) is 50.1 Å². The van der Waals surface area contributed by atoms with Gasteiger partial charge in [-0.2, -0.15) is 14.7 Å². The summed E-state index contributed by atoms with van der Waals surface area (Å²) >= 11 is 1.48. The van der Waals surface area contributed by atoms with E-state index < -0.39 is 0 Å². The van der Waals surface area contributed by atoms with Crippen LogP contribution in [0.1, 0.15) is 22.0 Å². The number of aryl methyl sites for hydroxylation is 2. The van der Waals surface area contributed by atoms with Crippen LogP contribution in [-0.2, 0) is 12.8 Å². The maximum atomic E-state index is 14.2. The van der Waals surface area contributed by atoms with Gasteiger partial charge in [0.05, 0.1) is 16.9 Å². The Hall–Kier alpha value is -3.39. The second-order valence-electron chi connectivity index (χ2n) is 7.09. The summed E-state index contributed by atoms with van der Waals surface area (Å²) < 4.78 is 17.8. The van der Waals surface area contributed by atoms with Crippen LogP contribution in [-0.4, -0.2) is 29.6 Å². The number of rotatable bonds is 5. The predicted molar refractivity (Wildman–Crippen MR) is 114 cm³/mol. The maximum absolute atomic E-state index is 14.2. The molecule has 6 nitrogen and oxygen atoms in total. The average Bonchev–Trinajstić information content (AvgIpc) is 3.41. The molecule has 0 aliphatic heterocycles. The molecule has 0 unspecified atom stereocenters. The lowest BCUT2D eigenvalue weighted by Crippen LogP contribution is -2.00. The van der Waals surface area contributed by atoms with Crippen LogP contribution in [0.25, 0.3) is 22.0 Å². The summed E-state index contributed by atoms with van der Waals surface area (Å²) in [6.07, 6.45) is 1.58. The average molecular weight is 419 g/mol. The second-order valence-corrected chi connectivity index (χ2v) is 8.13. The van der Waals surface area contributed by atoms with Gasteiger partial charge < -0.3 is 0 Å². The Bertz CT molecular complexity index is 1330. The van der Waals surface area contributed by atoms with Gasteiger partial charge in [-0.3, -0.25) is 0 Å². The predicted octanol–water partition coefficient (Wildman–Crippen LogP) is 4.58. The first-order valence-corrected chi connectivity index (χ1v) is 10.5. The Labute approximate surface area is 176 Å². The molecule has 3 aromatic heterocycles. The normalized spacial score (nSPS) is 11.4. The molecule has 0 amide bonds. The van der Waals surface area contributed by atoms with Crippen molar-refractivity contribution in [1.82, 2.24) is 29.6 Å². The minimum atomic E-state index is -0.332. The zero-order valence-electron chi connectivity index (χ0n) is 16.6. The van der Waals surface area contributed by atoms with E-state index in [0.717, 1.165) is 34.9 Å². The van der Waals surface area contributed by atoms with Crippen molar-refractivity contribution in [3.8, 4) is 17.1 Å². The molecule has 0 bridgehead atoms. The molecule has 150 valence electrons. The summed E-state index contributed by atoms with van der Waals surface area (Å²) in [5.41, 5.74) is 4.83. The summed E-state index contributed by atoms with van der Waals surface area (Å²) in [6.45, 7) is 4.13. The van der Waals surface area contributed by atoms with Crippen molar-refractivity contribution in [2.24, 2.45) is 0 Å². The first-order chi connectivity index (χ1) is 14.6. The quantitative estimate of drug-likeness (QED) is 0.419. The third kappa shape index (κ3) is 3.19. The molecule has 5 rings (SSSR count). The maximum Gasteiger partial charge on any atom is 0.234 e. The minimum absolute atomic E-state index is 0.332. The molecule has 30 heavy (non-hydrogen) atoms. The topological polar surface area (TPSA) is 60.9 Å². The summed E-state index contributed by atoms with van der Waals surface area (Å²) in [4.78, 5) is 0.664. The lowest BCUT2D eigenvalue weighted by Gasteiger charge is -2.04. The Morgan fingerprint density at radius 2 is 1.67 bits per heavy atom. The molecule has 3 heterocycles. The van der Waals surface area contributed by atoms with Crippen LogP contribution in [0.5, 0.6) is 0 Å². The molecular weight excluding hydrogens is 399 g/mol. The fourth-order valence-corrected chi connectivity index (χ4v) is 4.49. The van der Waals surface area contributed by atoms with E-state index in [2.05, 4.69) is 34.4 Å². The van der Waals surface area contributed by atoms with Crippen LogP contribution in [0.3, 0.4) is 0 Å². The number of aromatic nitrogens is 6. The Morgan fingerprint density at radius 1 is 0.900 bits per heavy atom. The number of para-hydroxylation sites is 1. The van der Waals surface area contributed by atoms with E-state index in [9.17, 15) is 4.39 Å². The highest BCUT2D eigenvalue weighted by atomic mass is 32.1. The first kappa shape index (κ1) is 18.6. The van der Waals surface area contributed by atoms with Gasteiger partial charge in [-0.1, -0.05) is 41.7 Å². The molecule has 2 aromatic carbocycles. The third-order valence-corrected chi connectivity index (χ3v) is 6.14. The number of hydrogen-bond donors (Lipinski definition) is 0. The third-order valence-electron chi connectivity index (χ3n) is 5.18. The Kier molecular flexibility index (Phi) is 4.63. The SMILES string of the molecule is Cc1nn(-c2ccccc2)c(C)c1CCc1nn2c(-c3ccccc3F)nnc2s1. The van der Waals surface area contributed by atoms with Crippen molar-refractivity contribution < 1.29 is 4.39 Å². The van der Waals surface area contributed by atoms with Crippen LogP contribution in [0.4, 0.5) is 4.39 Å². The largest absolute Gasteiger partial charge is 0.238 e. The van der Waals surface area contributed by atoms with Crippen molar-refractivity contribution in [3.63, 3.8) is 0 Å². The monoisotopic (exact) mass is 418 g/mol. The van der Waals surface area contributed by atoms with Crippen molar-refractivity contribution in [3.05, 3.63) is 82.4 Å². The zero-order chi connectivity index (χ0) is 20.7. The number of benzene rings is 2. The molecule has 0 radical (unpaired) electrons. The van der Waals surface area contributed by atoms with Gasteiger partial charge in [0.1, 0.15) is 10.8 Å². The summed E-state index contributed by atoms with van der Waals surface area (Å²) in [5, 5.41) is 18.6. The van der Waals surface area contributed by atoms with Gasteiger partial charge in [0.2, 0.25) is 4.96 Å². The fourth-order valence-electron chi connectivity index (χ4n) is 3.66. The van der Waals surface area contributed by atoms with Crippen LogP contribution in [0.15, 0.2) is 54.6 Å². The van der Waals surface area contributed by atoms with E-state index in [1.54, 1.807) is 22.7 Å². The lowest BCUT2D eigenvalue weighted by molar-refractivity contribution is 0.629. The highest BCUT2D eigenvalue weighted by Crippen LogP contribution is 2.25. The number of halogens is 1. The number of hydrogen-bond acceptors (Lipinski definition) is 5. The van der Waals surface area contributed by atoms with E-state index in [-0.39, 0.29) is 5.82 Å². The molecule has 0 aliphatic rings. The van der Waals surface area contributed by atoms with Gasteiger partial charge >= 0.3 is 0 Å². The number of fused-ring (bicyclic) bond motifs is 1. The highest BCUT2D eigenvalue weighted by Gasteiger charge is 2.17. The van der Waals surface area contributed by atoms with Crippen LogP contribution >= 0.6 is 11.3 Å². The van der Waals surface area contributed by atoms with Gasteiger partial charge in [0, 0.05) is 12.1 Å². The Morgan fingerprint density at radius 3 is 2.47 bits per heavy atom. The zero-order valence-corrected chi connectivity index (χ0v) is 17.4. The highest BCUT2D eigenvalue weighted by molar-refractivity contribution is 7.16. The van der Waals surface area contributed by atoms with E-state index in [1.165, 1.54) is 23.0 Å². The van der Waals surface area contributed by atoms with Crippen LogP contribution in [0.2, 0.25) is 0 Å². The molecule has 0 atom stereocenters. The summed E-state index contributed by atoms with van der Waals surface area (Å²) in [7, 11) is 0. The van der Waals surface area contributed by atoms with Crippen molar-refractivity contribution in [2.45, 2.75) is 26.7 Å². The molecular formula is C22H19FN6S. The van der Waals surface area contributed by atoms with E-state index in [0.29, 0.717) is 16.3 Å². The van der Waals surface area contributed by atoms with E-state index in [4.69, 9.17) is 5.10 Å². The second kappa shape index (κ2) is 7.46. The van der Waals surface area contributed by atoms with Crippen LogP contribution < -0.4 is 0 Å². The molecule has 0 spiro atoms. The van der Waals surface area contributed by atoms with Crippen molar-refractivity contribution in [2.75, 3.05) is 0 Å². The van der Waals surface area contributed by atoms with Gasteiger partial charge in [0.25, 0.3) is 0 Å². The molecule has 0 saturated heterocycles. The van der Waals surface area contributed by atoms with E-state index >= 15 is 0 Å². The molecule has 8 heteroatoms. The van der Waals surface area contributed by atoms with Gasteiger partial charge in [-0.15, -0.1) is 10.2 Å². The minimum Gasteiger partial charge on any atom is -0.238 e. The molecule has 0 saturated carbocycles. The van der Waals surface area contributed by atoms with Crippen LogP contribution in [0, 0.1) is 19.7 Å². The standard InChI is InChI=1S/C22H19FN6S/c1-14-17(15(2)28(26-14)16-8-4-3-5-9-16)12-13-20-27-29-21(24-25-22(29)30-20)18-10-6-7-11-19(18)23/h3-11H,12-13H2,1-2H3. The van der Waals surface area contributed by atoms with Gasteiger partial charge in [-0.25, -0.2) is 9.07 Å². The molecule has 5 aromatic rings. The number of nitrogens with zero attached hydrogens (tertiary/aromatic N) is 6. The Balaban J connectivity index is 1.41. The summed E-state index contributed by atoms with van der Waals surface area (Å²) in [6, 6.07) is 16.7.